The lowest BCUT2D eigenvalue weighted by molar-refractivity contribution is 0.221. The van der Waals surface area contributed by atoms with Crippen LogP contribution in [0.4, 0.5) is 10.1 Å². The van der Waals surface area contributed by atoms with Crippen LogP contribution in [0.15, 0.2) is 47.3 Å². The molecule has 142 valence electrons. The van der Waals surface area contributed by atoms with Crippen LogP contribution < -0.4 is 11.0 Å². The summed E-state index contributed by atoms with van der Waals surface area (Å²) in [5, 5.41) is 3.61. The Labute approximate surface area is 157 Å². The zero-order chi connectivity index (χ0) is 18.8. The summed E-state index contributed by atoms with van der Waals surface area (Å²) in [6.45, 7) is 3.13. The van der Waals surface area contributed by atoms with Gasteiger partial charge in [0.05, 0.1) is 11.0 Å². The van der Waals surface area contributed by atoms with E-state index in [-0.39, 0.29) is 11.5 Å². The summed E-state index contributed by atoms with van der Waals surface area (Å²) in [7, 11) is 1.78. The number of anilines is 1. The first kappa shape index (κ1) is 17.8. The normalized spacial score (nSPS) is 16.1. The molecule has 0 unspecified atom stereocenters. The predicted octanol–water partition coefficient (Wildman–Crippen LogP) is 3.12. The van der Waals surface area contributed by atoms with Crippen molar-refractivity contribution in [1.29, 1.82) is 0 Å². The smallest absolute Gasteiger partial charge is 0.326 e. The monoisotopic (exact) mass is 368 g/mol. The zero-order valence-corrected chi connectivity index (χ0v) is 15.5. The summed E-state index contributed by atoms with van der Waals surface area (Å²) in [5.74, 6) is -0.177. The van der Waals surface area contributed by atoms with Gasteiger partial charge in [0, 0.05) is 38.4 Å². The van der Waals surface area contributed by atoms with Crippen LogP contribution in [0, 0.1) is 5.82 Å². The van der Waals surface area contributed by atoms with E-state index in [0.29, 0.717) is 6.04 Å². The predicted molar refractivity (Wildman–Crippen MR) is 107 cm³/mol. The van der Waals surface area contributed by atoms with Gasteiger partial charge in [0.15, 0.2) is 0 Å². The second kappa shape index (κ2) is 7.56. The van der Waals surface area contributed by atoms with E-state index in [9.17, 15) is 9.18 Å². The molecule has 6 heteroatoms. The number of nitrogens with one attached hydrogen (secondary N) is 2. The molecular formula is C21H25FN4O. The molecule has 2 N–H and O–H groups in total. The van der Waals surface area contributed by atoms with Crippen LogP contribution in [-0.4, -0.2) is 40.1 Å². The van der Waals surface area contributed by atoms with Gasteiger partial charge in [0.25, 0.3) is 0 Å². The molecule has 2 heterocycles. The Morgan fingerprint density at radius 3 is 2.63 bits per heavy atom. The van der Waals surface area contributed by atoms with Gasteiger partial charge in [0.2, 0.25) is 0 Å². The Kier molecular flexibility index (Phi) is 4.99. The third-order valence-corrected chi connectivity index (χ3v) is 5.49. The fourth-order valence-corrected chi connectivity index (χ4v) is 3.79. The van der Waals surface area contributed by atoms with Crippen molar-refractivity contribution < 1.29 is 4.39 Å². The van der Waals surface area contributed by atoms with Crippen LogP contribution in [0.2, 0.25) is 0 Å². The minimum absolute atomic E-state index is 0.0865. The average Bonchev–Trinajstić information content (AvgIpc) is 2.96. The highest BCUT2D eigenvalue weighted by Gasteiger charge is 2.19. The van der Waals surface area contributed by atoms with E-state index in [2.05, 4.69) is 15.2 Å². The highest BCUT2D eigenvalue weighted by atomic mass is 19.1. The van der Waals surface area contributed by atoms with Crippen LogP contribution in [0.1, 0.15) is 18.4 Å². The molecule has 5 nitrogen and oxygen atoms in total. The van der Waals surface area contributed by atoms with Crippen LogP contribution in [0.3, 0.4) is 0 Å². The SMILES string of the molecule is Cn1c(=O)[nH]c2ccc(NC3CCN(CCc4ccc(F)cc4)CC3)cc21. The molecule has 1 saturated heterocycles. The molecule has 1 aromatic heterocycles. The van der Waals surface area contributed by atoms with Crippen molar-refractivity contribution in [2.45, 2.75) is 25.3 Å². The highest BCUT2D eigenvalue weighted by Crippen LogP contribution is 2.20. The topological polar surface area (TPSA) is 53.1 Å². The number of benzene rings is 2. The van der Waals surface area contributed by atoms with Gasteiger partial charge < -0.3 is 15.2 Å². The lowest BCUT2D eigenvalue weighted by Crippen LogP contribution is -2.40. The van der Waals surface area contributed by atoms with Gasteiger partial charge >= 0.3 is 5.69 Å². The fourth-order valence-electron chi connectivity index (χ4n) is 3.79. The number of hydrogen-bond donors (Lipinski definition) is 2. The van der Waals surface area contributed by atoms with Crippen molar-refractivity contribution in [2.24, 2.45) is 7.05 Å². The first-order valence-corrected chi connectivity index (χ1v) is 9.50. The zero-order valence-electron chi connectivity index (χ0n) is 15.5. The summed E-state index contributed by atoms with van der Waals surface area (Å²) in [6, 6.07) is 13.3. The molecule has 0 radical (unpaired) electrons. The first-order valence-electron chi connectivity index (χ1n) is 9.50. The minimum Gasteiger partial charge on any atom is -0.382 e. The molecule has 3 aromatic rings. The molecule has 0 saturated carbocycles. The largest absolute Gasteiger partial charge is 0.382 e. The van der Waals surface area contributed by atoms with E-state index in [1.54, 1.807) is 11.6 Å². The van der Waals surface area contributed by atoms with Crippen molar-refractivity contribution >= 4 is 16.7 Å². The van der Waals surface area contributed by atoms with Gasteiger partial charge in [-0.25, -0.2) is 9.18 Å². The Morgan fingerprint density at radius 2 is 1.89 bits per heavy atom. The van der Waals surface area contributed by atoms with Gasteiger partial charge in [-0.2, -0.15) is 0 Å². The second-order valence-electron chi connectivity index (χ2n) is 7.36. The molecule has 1 aliphatic rings. The minimum atomic E-state index is -0.177. The number of aromatic amines is 1. The third kappa shape index (κ3) is 4.06. The number of likely N-dealkylation sites (tertiary alicyclic amines) is 1. The molecule has 0 bridgehead atoms. The number of rotatable bonds is 5. The second-order valence-corrected chi connectivity index (χ2v) is 7.36. The van der Waals surface area contributed by atoms with Crippen LogP contribution >= 0.6 is 0 Å². The number of aryl methyl sites for hydroxylation is 1. The molecule has 4 rings (SSSR count). The maximum absolute atomic E-state index is 13.0. The molecular weight excluding hydrogens is 343 g/mol. The van der Waals surface area contributed by atoms with Crippen molar-refractivity contribution in [1.82, 2.24) is 14.5 Å². The quantitative estimate of drug-likeness (QED) is 0.728. The number of hydrogen-bond acceptors (Lipinski definition) is 3. The Bertz CT molecular complexity index is 968. The van der Waals surface area contributed by atoms with Crippen molar-refractivity contribution in [2.75, 3.05) is 25.0 Å². The van der Waals surface area contributed by atoms with E-state index in [4.69, 9.17) is 0 Å². The average molecular weight is 368 g/mol. The molecule has 0 atom stereocenters. The number of piperidine rings is 1. The maximum atomic E-state index is 13.0. The summed E-state index contributed by atoms with van der Waals surface area (Å²) in [5.41, 5.74) is 3.94. The van der Waals surface area contributed by atoms with Crippen LogP contribution in [0.5, 0.6) is 0 Å². The number of halogens is 1. The van der Waals surface area contributed by atoms with Crippen molar-refractivity contribution in [3.8, 4) is 0 Å². The number of fused-ring (bicyclic) bond motifs is 1. The van der Waals surface area contributed by atoms with E-state index in [1.807, 2.05) is 30.3 Å². The Balaban J connectivity index is 1.29. The van der Waals surface area contributed by atoms with E-state index in [1.165, 1.54) is 17.7 Å². The standard InChI is InChI=1S/C21H25FN4O/c1-25-20-14-18(6-7-19(20)24-21(25)27)23-17-9-12-26(13-10-17)11-8-15-2-4-16(22)5-3-15/h2-7,14,17,23H,8-13H2,1H3,(H,24,27). The van der Waals surface area contributed by atoms with Crippen molar-refractivity contribution in [3.05, 3.63) is 64.3 Å². The summed E-state index contributed by atoms with van der Waals surface area (Å²) in [4.78, 5) is 17.0. The molecule has 0 amide bonds. The molecule has 27 heavy (non-hydrogen) atoms. The van der Waals surface area contributed by atoms with Crippen LogP contribution in [0.25, 0.3) is 11.0 Å². The fraction of sp³-hybridized carbons (Fsp3) is 0.381. The van der Waals surface area contributed by atoms with Gasteiger partial charge in [-0.05, 0) is 55.2 Å². The number of H-pyrrole nitrogens is 1. The molecule has 0 spiro atoms. The molecule has 1 fully saturated rings. The number of imidazole rings is 1. The summed E-state index contributed by atoms with van der Waals surface area (Å²) in [6.07, 6.45) is 3.14. The first-order chi connectivity index (χ1) is 13.1. The van der Waals surface area contributed by atoms with Crippen molar-refractivity contribution in [3.63, 3.8) is 0 Å². The number of nitrogens with zero attached hydrogens (tertiary/aromatic N) is 2. The maximum Gasteiger partial charge on any atom is 0.326 e. The Morgan fingerprint density at radius 1 is 1.15 bits per heavy atom. The molecule has 2 aromatic carbocycles. The molecule has 1 aliphatic heterocycles. The molecule has 0 aliphatic carbocycles. The number of aromatic nitrogens is 2. The van der Waals surface area contributed by atoms with Gasteiger partial charge in [0.1, 0.15) is 5.82 Å². The van der Waals surface area contributed by atoms with Gasteiger partial charge in [-0.3, -0.25) is 4.57 Å². The third-order valence-electron chi connectivity index (χ3n) is 5.49. The van der Waals surface area contributed by atoms with Gasteiger partial charge in [-0.15, -0.1) is 0 Å². The van der Waals surface area contributed by atoms with E-state index < -0.39 is 0 Å². The van der Waals surface area contributed by atoms with Crippen LogP contribution in [-0.2, 0) is 13.5 Å². The highest BCUT2D eigenvalue weighted by molar-refractivity contribution is 5.79. The summed E-state index contributed by atoms with van der Waals surface area (Å²) >= 11 is 0. The Hall–Kier alpha value is -2.60. The summed E-state index contributed by atoms with van der Waals surface area (Å²) < 4.78 is 14.6. The lowest BCUT2D eigenvalue weighted by atomic mass is 10.0. The van der Waals surface area contributed by atoms with E-state index in [0.717, 1.165) is 55.6 Å². The van der Waals surface area contributed by atoms with E-state index >= 15 is 0 Å². The lowest BCUT2D eigenvalue weighted by Gasteiger charge is -2.33. The van der Waals surface area contributed by atoms with Gasteiger partial charge in [-0.1, -0.05) is 12.1 Å².